The van der Waals surface area contributed by atoms with E-state index in [1.54, 1.807) is 11.6 Å². The van der Waals surface area contributed by atoms with Crippen molar-refractivity contribution >= 4 is 17.6 Å². The Hall–Kier alpha value is -1.82. The number of carboxylic acid groups (broad SMARTS) is 1. The largest absolute Gasteiger partial charge is 0.476 e. The number of aromatic nitrogens is 3. The molecular formula is C8H6ClN3O3. The zero-order chi connectivity index (χ0) is 11.0. The average Bonchev–Trinajstić information content (AvgIpc) is 2.73. The van der Waals surface area contributed by atoms with Gasteiger partial charge in [-0.3, -0.25) is 0 Å². The van der Waals surface area contributed by atoms with Crippen molar-refractivity contribution in [1.29, 1.82) is 0 Å². The summed E-state index contributed by atoms with van der Waals surface area (Å²) in [7, 11) is 1.72. The van der Waals surface area contributed by atoms with Gasteiger partial charge in [0.2, 0.25) is 0 Å². The van der Waals surface area contributed by atoms with Crippen molar-refractivity contribution in [3.05, 3.63) is 23.2 Å². The maximum Gasteiger partial charge on any atom is 0.358 e. The molecule has 0 aliphatic rings. The Labute approximate surface area is 89.1 Å². The van der Waals surface area contributed by atoms with Crippen molar-refractivity contribution in [1.82, 2.24) is 14.7 Å². The summed E-state index contributed by atoms with van der Waals surface area (Å²) >= 11 is 5.80. The molecule has 15 heavy (non-hydrogen) atoms. The van der Waals surface area contributed by atoms with Gasteiger partial charge in [0.15, 0.2) is 16.6 Å². The highest BCUT2D eigenvalue weighted by Gasteiger charge is 2.17. The van der Waals surface area contributed by atoms with Gasteiger partial charge < -0.3 is 14.2 Å². The number of rotatable bonds is 2. The molecule has 6 nitrogen and oxygen atoms in total. The van der Waals surface area contributed by atoms with Crippen LogP contribution in [0.15, 0.2) is 16.9 Å². The van der Waals surface area contributed by atoms with E-state index in [0.717, 1.165) is 0 Å². The number of carboxylic acids is 1. The molecule has 0 atom stereocenters. The van der Waals surface area contributed by atoms with Gasteiger partial charge in [-0.05, 0) is 0 Å². The molecular weight excluding hydrogens is 222 g/mol. The fourth-order valence-corrected chi connectivity index (χ4v) is 1.43. The second kappa shape index (κ2) is 3.39. The van der Waals surface area contributed by atoms with Crippen LogP contribution in [-0.2, 0) is 7.05 Å². The summed E-state index contributed by atoms with van der Waals surface area (Å²) in [6.07, 6.45) is 1.50. The summed E-state index contributed by atoms with van der Waals surface area (Å²) in [5.41, 5.74) is 0.332. The number of aryl methyl sites for hydroxylation is 1. The lowest BCUT2D eigenvalue weighted by atomic mass is 10.3. The molecule has 2 rings (SSSR count). The molecule has 0 radical (unpaired) electrons. The second-order valence-electron chi connectivity index (χ2n) is 2.88. The monoisotopic (exact) mass is 227 g/mol. The van der Waals surface area contributed by atoms with Gasteiger partial charge in [0.05, 0.1) is 6.33 Å². The molecule has 0 unspecified atom stereocenters. The van der Waals surface area contributed by atoms with Crippen LogP contribution in [-0.4, -0.2) is 25.8 Å². The Kier molecular flexibility index (Phi) is 2.20. The van der Waals surface area contributed by atoms with E-state index in [1.165, 1.54) is 12.4 Å². The van der Waals surface area contributed by atoms with Crippen molar-refractivity contribution in [3.63, 3.8) is 0 Å². The normalized spacial score (nSPS) is 10.5. The summed E-state index contributed by atoms with van der Waals surface area (Å²) in [6, 6.07) is 1.30. The quantitative estimate of drug-likeness (QED) is 0.839. The first-order valence-electron chi connectivity index (χ1n) is 3.97. The van der Waals surface area contributed by atoms with Gasteiger partial charge in [0.25, 0.3) is 0 Å². The average molecular weight is 228 g/mol. The number of aromatic carboxylic acids is 1. The molecule has 0 aliphatic carbocycles. The van der Waals surface area contributed by atoms with Gasteiger partial charge in [-0.25, -0.2) is 9.78 Å². The molecule has 0 spiro atoms. The molecule has 0 bridgehead atoms. The van der Waals surface area contributed by atoms with Gasteiger partial charge in [0, 0.05) is 13.1 Å². The topological polar surface area (TPSA) is 81.2 Å². The molecule has 78 valence electrons. The Balaban J connectivity index is 2.50. The smallest absolute Gasteiger partial charge is 0.358 e. The lowest BCUT2D eigenvalue weighted by molar-refractivity contribution is 0.0686. The molecule has 2 aromatic rings. The minimum atomic E-state index is -1.15. The van der Waals surface area contributed by atoms with E-state index < -0.39 is 5.97 Å². The van der Waals surface area contributed by atoms with Crippen molar-refractivity contribution in [2.24, 2.45) is 7.05 Å². The molecule has 0 amide bonds. The Morgan fingerprint density at radius 3 is 2.87 bits per heavy atom. The lowest BCUT2D eigenvalue weighted by Crippen LogP contribution is -1.94. The van der Waals surface area contributed by atoms with Gasteiger partial charge in [-0.2, -0.15) is 0 Å². The standard InChI is InChI=1S/C8H6ClN3O3/c1-12-3-10-7(9)6(12)5-2-4(8(13)14)11-15-5/h2-3H,1H3,(H,13,14). The molecule has 2 heterocycles. The highest BCUT2D eigenvalue weighted by Crippen LogP contribution is 2.26. The fourth-order valence-electron chi connectivity index (χ4n) is 1.16. The number of nitrogens with zero attached hydrogens (tertiary/aromatic N) is 3. The van der Waals surface area contributed by atoms with Gasteiger partial charge in [-0.1, -0.05) is 16.8 Å². The van der Waals surface area contributed by atoms with Crippen molar-refractivity contribution in [2.75, 3.05) is 0 Å². The molecule has 7 heteroatoms. The van der Waals surface area contributed by atoms with E-state index in [9.17, 15) is 4.79 Å². The number of imidazole rings is 1. The van der Waals surface area contributed by atoms with Crippen LogP contribution in [0.1, 0.15) is 10.5 Å². The van der Waals surface area contributed by atoms with Gasteiger partial charge in [-0.15, -0.1) is 0 Å². The SMILES string of the molecule is Cn1cnc(Cl)c1-c1cc(C(=O)O)no1. The molecule has 0 aromatic carbocycles. The van der Waals surface area contributed by atoms with Crippen molar-refractivity contribution < 1.29 is 14.4 Å². The van der Waals surface area contributed by atoms with Crippen LogP contribution >= 0.6 is 11.6 Å². The summed E-state index contributed by atoms with van der Waals surface area (Å²) in [6.45, 7) is 0. The maximum absolute atomic E-state index is 10.6. The minimum absolute atomic E-state index is 0.165. The predicted octanol–water partition coefficient (Wildman–Crippen LogP) is 1.43. The van der Waals surface area contributed by atoms with Crippen LogP contribution < -0.4 is 0 Å². The Bertz CT molecular complexity index is 497. The summed E-state index contributed by atoms with van der Waals surface area (Å²) in [5, 5.41) is 12.3. The molecule has 1 N–H and O–H groups in total. The van der Waals surface area contributed by atoms with E-state index in [0.29, 0.717) is 5.69 Å². The number of carbonyl (C=O) groups is 1. The van der Waals surface area contributed by atoms with Crippen LogP contribution in [0.3, 0.4) is 0 Å². The second-order valence-corrected chi connectivity index (χ2v) is 3.23. The first-order chi connectivity index (χ1) is 7.09. The van der Waals surface area contributed by atoms with E-state index in [2.05, 4.69) is 10.1 Å². The van der Waals surface area contributed by atoms with Crippen molar-refractivity contribution in [2.45, 2.75) is 0 Å². The Morgan fingerprint density at radius 2 is 2.40 bits per heavy atom. The summed E-state index contributed by atoms with van der Waals surface area (Å²) in [4.78, 5) is 14.4. The molecule has 0 fully saturated rings. The first kappa shape index (κ1) is 9.72. The summed E-state index contributed by atoms with van der Waals surface area (Å²) < 4.78 is 6.48. The van der Waals surface area contributed by atoms with Crippen LogP contribution in [0.5, 0.6) is 0 Å². The zero-order valence-corrected chi connectivity index (χ0v) is 8.39. The van der Waals surface area contributed by atoms with Gasteiger partial charge in [0.1, 0.15) is 5.69 Å². The van der Waals surface area contributed by atoms with Gasteiger partial charge >= 0.3 is 5.97 Å². The molecule has 0 aliphatic heterocycles. The van der Waals surface area contributed by atoms with E-state index in [4.69, 9.17) is 21.2 Å². The molecule has 2 aromatic heterocycles. The lowest BCUT2D eigenvalue weighted by Gasteiger charge is -1.95. The number of hydrogen-bond acceptors (Lipinski definition) is 4. The third kappa shape index (κ3) is 1.59. The molecule has 0 saturated carbocycles. The zero-order valence-electron chi connectivity index (χ0n) is 7.64. The van der Waals surface area contributed by atoms with Crippen LogP contribution in [0.4, 0.5) is 0 Å². The molecule has 0 saturated heterocycles. The highest BCUT2D eigenvalue weighted by molar-refractivity contribution is 6.31. The van der Waals surface area contributed by atoms with Crippen LogP contribution in [0.25, 0.3) is 11.5 Å². The highest BCUT2D eigenvalue weighted by atomic mass is 35.5. The first-order valence-corrected chi connectivity index (χ1v) is 4.34. The fraction of sp³-hybridized carbons (Fsp3) is 0.125. The third-order valence-electron chi connectivity index (χ3n) is 1.86. The minimum Gasteiger partial charge on any atom is -0.476 e. The van der Waals surface area contributed by atoms with Crippen LogP contribution in [0.2, 0.25) is 5.15 Å². The maximum atomic E-state index is 10.6. The van der Waals surface area contributed by atoms with E-state index in [1.807, 2.05) is 0 Å². The summed E-state index contributed by atoms with van der Waals surface area (Å²) in [5.74, 6) is -0.874. The van der Waals surface area contributed by atoms with E-state index >= 15 is 0 Å². The number of halogens is 1. The number of hydrogen-bond donors (Lipinski definition) is 1. The van der Waals surface area contributed by atoms with Crippen LogP contribution in [0, 0.1) is 0 Å². The van der Waals surface area contributed by atoms with Crippen molar-refractivity contribution in [3.8, 4) is 11.5 Å². The van der Waals surface area contributed by atoms with E-state index in [-0.39, 0.29) is 16.6 Å². The predicted molar refractivity (Wildman–Crippen MR) is 50.7 cm³/mol. The Morgan fingerprint density at radius 1 is 1.67 bits per heavy atom. The third-order valence-corrected chi connectivity index (χ3v) is 2.13.